The van der Waals surface area contributed by atoms with Gasteiger partial charge in [-0.1, -0.05) is 11.6 Å². The van der Waals surface area contributed by atoms with E-state index in [4.69, 9.17) is 16.3 Å². The Morgan fingerprint density at radius 3 is 2.67 bits per heavy atom. The summed E-state index contributed by atoms with van der Waals surface area (Å²) in [6.45, 7) is 3.89. The Bertz CT molecular complexity index is 581. The number of methoxy groups -OCH3 is 1. The topological polar surface area (TPSA) is 64.9 Å². The Balaban J connectivity index is 2.39. The number of aromatic nitrogens is 4. The van der Waals surface area contributed by atoms with Gasteiger partial charge in [-0.05, 0) is 13.8 Å². The Hall–Kier alpha value is -1.82. The molecule has 0 saturated heterocycles. The van der Waals surface area contributed by atoms with Crippen LogP contribution in [-0.2, 0) is 7.05 Å². The molecule has 0 aliphatic carbocycles. The van der Waals surface area contributed by atoms with Gasteiger partial charge in [-0.3, -0.25) is 4.68 Å². The summed E-state index contributed by atoms with van der Waals surface area (Å²) in [5.74, 6) is 0.503. The fraction of sp³-hybridized carbons (Fsp3) is 0.364. The lowest BCUT2D eigenvalue weighted by Gasteiger charge is -2.08. The third kappa shape index (κ3) is 2.24. The van der Waals surface area contributed by atoms with E-state index in [9.17, 15) is 0 Å². The monoisotopic (exact) mass is 267 g/mol. The molecule has 2 rings (SSSR count). The Kier molecular flexibility index (Phi) is 3.38. The maximum Gasteiger partial charge on any atom is 0.318 e. The van der Waals surface area contributed by atoms with E-state index in [0.29, 0.717) is 10.8 Å². The predicted octanol–water partition coefficient (Wildman–Crippen LogP) is 2.23. The summed E-state index contributed by atoms with van der Waals surface area (Å²) in [5, 5.41) is 7.90. The van der Waals surface area contributed by atoms with Crippen molar-refractivity contribution in [3.8, 4) is 6.01 Å². The number of hydrogen-bond donors (Lipinski definition) is 1. The minimum atomic E-state index is 0.265. The van der Waals surface area contributed by atoms with Crippen LogP contribution in [0.4, 0.5) is 11.5 Å². The molecule has 18 heavy (non-hydrogen) atoms. The van der Waals surface area contributed by atoms with E-state index in [2.05, 4.69) is 20.4 Å². The van der Waals surface area contributed by atoms with Crippen molar-refractivity contribution in [3.05, 3.63) is 22.6 Å². The largest absolute Gasteiger partial charge is 0.467 e. The van der Waals surface area contributed by atoms with Gasteiger partial charge in [-0.15, -0.1) is 0 Å². The summed E-state index contributed by atoms with van der Waals surface area (Å²) >= 11 is 6.04. The van der Waals surface area contributed by atoms with E-state index in [1.807, 2.05) is 20.9 Å². The van der Waals surface area contributed by atoms with Crippen molar-refractivity contribution in [2.75, 3.05) is 12.4 Å². The third-order valence-electron chi connectivity index (χ3n) is 2.66. The number of rotatable bonds is 3. The van der Waals surface area contributed by atoms with Crippen LogP contribution in [0, 0.1) is 13.8 Å². The average molecular weight is 268 g/mol. The first-order valence-electron chi connectivity index (χ1n) is 5.36. The van der Waals surface area contributed by atoms with Crippen LogP contribution in [0.25, 0.3) is 0 Å². The van der Waals surface area contributed by atoms with Gasteiger partial charge in [0.25, 0.3) is 0 Å². The molecule has 0 fully saturated rings. The van der Waals surface area contributed by atoms with Crippen LogP contribution < -0.4 is 10.1 Å². The molecule has 1 N–H and O–H groups in total. The minimum absolute atomic E-state index is 0.265. The second kappa shape index (κ2) is 4.81. The fourth-order valence-electron chi connectivity index (χ4n) is 1.61. The molecule has 2 aromatic rings. The van der Waals surface area contributed by atoms with Gasteiger partial charge in [-0.25, -0.2) is 4.98 Å². The molecule has 2 aromatic heterocycles. The van der Waals surface area contributed by atoms with E-state index >= 15 is 0 Å². The zero-order valence-electron chi connectivity index (χ0n) is 10.7. The van der Waals surface area contributed by atoms with Gasteiger partial charge in [0.2, 0.25) is 0 Å². The number of ether oxygens (including phenoxy) is 1. The summed E-state index contributed by atoms with van der Waals surface area (Å²) in [5.41, 5.74) is 2.77. The van der Waals surface area contributed by atoms with E-state index in [1.165, 1.54) is 13.3 Å². The van der Waals surface area contributed by atoms with Gasteiger partial charge in [0.15, 0.2) is 5.82 Å². The Morgan fingerprint density at radius 1 is 1.39 bits per heavy atom. The number of hydrogen-bond acceptors (Lipinski definition) is 5. The van der Waals surface area contributed by atoms with Crippen molar-refractivity contribution in [2.24, 2.45) is 7.05 Å². The van der Waals surface area contributed by atoms with E-state index in [-0.39, 0.29) is 6.01 Å². The third-order valence-corrected chi connectivity index (χ3v) is 2.93. The quantitative estimate of drug-likeness (QED) is 0.924. The number of nitrogens with one attached hydrogen (secondary N) is 1. The second-order valence-electron chi connectivity index (χ2n) is 3.85. The Morgan fingerprint density at radius 2 is 2.11 bits per heavy atom. The minimum Gasteiger partial charge on any atom is -0.467 e. The van der Waals surface area contributed by atoms with Gasteiger partial charge < -0.3 is 10.1 Å². The van der Waals surface area contributed by atoms with Crippen LogP contribution in [0.3, 0.4) is 0 Å². The lowest BCUT2D eigenvalue weighted by Crippen LogP contribution is -2.00. The summed E-state index contributed by atoms with van der Waals surface area (Å²) in [6, 6.07) is 0.265. The predicted molar refractivity (Wildman–Crippen MR) is 69.6 cm³/mol. The molecule has 0 bridgehead atoms. The fourth-order valence-corrected chi connectivity index (χ4v) is 1.75. The van der Waals surface area contributed by atoms with Crippen LogP contribution in [0.2, 0.25) is 5.02 Å². The molecule has 0 aromatic carbocycles. The maximum atomic E-state index is 6.04. The van der Waals surface area contributed by atoms with Crippen LogP contribution in [-0.4, -0.2) is 26.9 Å². The van der Waals surface area contributed by atoms with Crippen molar-refractivity contribution in [1.29, 1.82) is 0 Å². The standard InChI is InChI=1S/C11H14ClN5O/c1-6-9(7(2)17(3)16-6)14-10-8(12)5-13-11(15-10)18-4/h5H,1-4H3,(H,13,14,15). The molecule has 0 saturated carbocycles. The van der Waals surface area contributed by atoms with Crippen LogP contribution in [0.1, 0.15) is 11.4 Å². The van der Waals surface area contributed by atoms with E-state index < -0.39 is 0 Å². The molecule has 0 unspecified atom stereocenters. The van der Waals surface area contributed by atoms with Crippen molar-refractivity contribution in [1.82, 2.24) is 19.7 Å². The van der Waals surface area contributed by atoms with Crippen molar-refractivity contribution in [2.45, 2.75) is 13.8 Å². The first-order chi connectivity index (χ1) is 8.52. The molecule has 0 radical (unpaired) electrons. The van der Waals surface area contributed by atoms with E-state index in [1.54, 1.807) is 4.68 Å². The lowest BCUT2D eigenvalue weighted by atomic mass is 10.3. The molecule has 2 heterocycles. The SMILES string of the molecule is COc1ncc(Cl)c(Nc2c(C)nn(C)c2C)n1. The van der Waals surface area contributed by atoms with Crippen LogP contribution in [0.5, 0.6) is 6.01 Å². The van der Waals surface area contributed by atoms with Gasteiger partial charge in [0, 0.05) is 7.05 Å². The molecule has 0 aliphatic rings. The highest BCUT2D eigenvalue weighted by molar-refractivity contribution is 6.32. The molecular weight excluding hydrogens is 254 g/mol. The molecular formula is C11H14ClN5O. The number of aryl methyl sites for hydroxylation is 2. The van der Waals surface area contributed by atoms with E-state index in [0.717, 1.165) is 17.1 Å². The first-order valence-corrected chi connectivity index (χ1v) is 5.74. The van der Waals surface area contributed by atoms with Crippen molar-refractivity contribution in [3.63, 3.8) is 0 Å². The molecule has 7 heteroatoms. The smallest absolute Gasteiger partial charge is 0.318 e. The number of halogens is 1. The average Bonchev–Trinajstić information content (AvgIpc) is 2.58. The second-order valence-corrected chi connectivity index (χ2v) is 4.25. The molecule has 0 atom stereocenters. The Labute approximate surface area is 110 Å². The van der Waals surface area contributed by atoms with Crippen molar-refractivity contribution >= 4 is 23.1 Å². The highest BCUT2D eigenvalue weighted by atomic mass is 35.5. The molecule has 0 amide bonds. The lowest BCUT2D eigenvalue weighted by molar-refractivity contribution is 0.380. The van der Waals surface area contributed by atoms with Gasteiger partial charge in [-0.2, -0.15) is 10.1 Å². The first kappa shape index (κ1) is 12.6. The zero-order chi connectivity index (χ0) is 13.3. The summed E-state index contributed by atoms with van der Waals surface area (Å²) in [6.07, 6.45) is 1.50. The summed E-state index contributed by atoms with van der Waals surface area (Å²) < 4.78 is 6.77. The maximum absolute atomic E-state index is 6.04. The molecule has 6 nitrogen and oxygen atoms in total. The van der Waals surface area contributed by atoms with Crippen LogP contribution in [0.15, 0.2) is 6.20 Å². The van der Waals surface area contributed by atoms with Crippen molar-refractivity contribution < 1.29 is 4.74 Å². The normalized spacial score (nSPS) is 10.5. The number of nitrogens with zero attached hydrogens (tertiary/aromatic N) is 4. The number of anilines is 2. The molecule has 96 valence electrons. The summed E-state index contributed by atoms with van der Waals surface area (Å²) in [4.78, 5) is 8.09. The van der Waals surface area contributed by atoms with Crippen LogP contribution >= 0.6 is 11.6 Å². The summed E-state index contributed by atoms with van der Waals surface area (Å²) in [7, 11) is 3.39. The van der Waals surface area contributed by atoms with Gasteiger partial charge >= 0.3 is 6.01 Å². The zero-order valence-corrected chi connectivity index (χ0v) is 11.4. The van der Waals surface area contributed by atoms with Gasteiger partial charge in [0.1, 0.15) is 5.02 Å². The highest BCUT2D eigenvalue weighted by Gasteiger charge is 2.13. The highest BCUT2D eigenvalue weighted by Crippen LogP contribution is 2.27. The van der Waals surface area contributed by atoms with Gasteiger partial charge in [0.05, 0.1) is 30.4 Å². The molecule has 0 spiro atoms. The molecule has 0 aliphatic heterocycles.